The Hall–Kier alpha value is 0.360. The van der Waals surface area contributed by atoms with Crippen molar-refractivity contribution >= 4 is 28.4 Å². The fourth-order valence-corrected chi connectivity index (χ4v) is 3.82. The molecule has 1 unspecified atom stereocenters. The zero-order valence-corrected chi connectivity index (χ0v) is 13.0. The number of hydrogen-bond donors (Lipinski definition) is 0. The highest BCUT2D eigenvalue weighted by atomic mass is 127. The van der Waals surface area contributed by atoms with Crippen LogP contribution in [0.3, 0.4) is 0 Å². The predicted octanol–water partition coefficient (Wildman–Crippen LogP) is 3.42. The molecule has 0 aromatic heterocycles. The van der Waals surface area contributed by atoms with Gasteiger partial charge in [-0.3, -0.25) is 9.69 Å². The van der Waals surface area contributed by atoms with Crippen LogP contribution in [0, 0.1) is 5.92 Å². The average Bonchev–Trinajstić information content (AvgIpc) is 2.33. The molecule has 1 aliphatic heterocycles. The van der Waals surface area contributed by atoms with Gasteiger partial charge in [0.05, 0.1) is 6.54 Å². The normalized spacial score (nSPS) is 35.8. The van der Waals surface area contributed by atoms with Crippen LogP contribution in [0.1, 0.15) is 51.9 Å². The first-order valence-electron chi connectivity index (χ1n) is 7.07. The number of carbonyl (C=O) groups excluding carboxylic acids is 1. The van der Waals surface area contributed by atoms with Gasteiger partial charge in [0.15, 0.2) is 0 Å². The van der Waals surface area contributed by atoms with E-state index in [1.807, 2.05) is 0 Å². The lowest BCUT2D eigenvalue weighted by Gasteiger charge is -2.34. The summed E-state index contributed by atoms with van der Waals surface area (Å²) in [6.45, 7) is 4.13. The zero-order valence-electron chi connectivity index (χ0n) is 10.8. The number of likely N-dealkylation sites (tertiary alicyclic amines) is 1. The summed E-state index contributed by atoms with van der Waals surface area (Å²) >= 11 is 2.53. The quantitative estimate of drug-likeness (QED) is 0.575. The minimum absolute atomic E-state index is 0.371. The monoisotopic (exact) mass is 349 g/mol. The number of Topliss-reactive ketones (excluding diaryl/α,β-unsaturated/α-hetero) is 1. The van der Waals surface area contributed by atoms with Crippen molar-refractivity contribution in [2.75, 3.05) is 13.1 Å². The third-order valence-corrected chi connectivity index (χ3v) is 5.66. The van der Waals surface area contributed by atoms with Gasteiger partial charge in [0.1, 0.15) is 5.78 Å². The maximum absolute atomic E-state index is 12.3. The maximum atomic E-state index is 12.3. The number of carbonyl (C=O) groups is 1. The SMILES string of the molecule is CC1CCCCN1CC(=O)C1CCC(I)CC1. The van der Waals surface area contributed by atoms with E-state index in [9.17, 15) is 4.79 Å². The maximum Gasteiger partial charge on any atom is 0.149 e. The lowest BCUT2D eigenvalue weighted by atomic mass is 9.85. The number of alkyl halides is 1. The smallest absolute Gasteiger partial charge is 0.149 e. The van der Waals surface area contributed by atoms with Crippen LogP contribution in [0.5, 0.6) is 0 Å². The molecule has 1 heterocycles. The number of nitrogens with zero attached hydrogens (tertiary/aromatic N) is 1. The highest BCUT2D eigenvalue weighted by Crippen LogP contribution is 2.30. The van der Waals surface area contributed by atoms with Gasteiger partial charge in [-0.1, -0.05) is 29.0 Å². The van der Waals surface area contributed by atoms with Crippen molar-refractivity contribution < 1.29 is 4.79 Å². The van der Waals surface area contributed by atoms with Crippen molar-refractivity contribution in [2.24, 2.45) is 5.92 Å². The Kier molecular flexibility index (Phi) is 5.27. The summed E-state index contributed by atoms with van der Waals surface area (Å²) in [5, 5.41) is 0. The van der Waals surface area contributed by atoms with Gasteiger partial charge in [-0.25, -0.2) is 0 Å². The molecule has 0 N–H and O–H groups in total. The first-order valence-corrected chi connectivity index (χ1v) is 8.32. The Labute approximate surface area is 119 Å². The Morgan fingerprint density at radius 1 is 1.18 bits per heavy atom. The third-order valence-electron chi connectivity index (χ3n) is 4.41. The van der Waals surface area contributed by atoms with Crippen molar-refractivity contribution in [1.82, 2.24) is 4.90 Å². The van der Waals surface area contributed by atoms with Crippen molar-refractivity contribution in [2.45, 2.75) is 61.8 Å². The minimum atomic E-state index is 0.371. The Morgan fingerprint density at radius 3 is 2.53 bits per heavy atom. The number of halogens is 1. The van der Waals surface area contributed by atoms with Crippen LogP contribution < -0.4 is 0 Å². The molecule has 0 aromatic carbocycles. The molecule has 1 saturated heterocycles. The Morgan fingerprint density at radius 2 is 1.88 bits per heavy atom. The van der Waals surface area contributed by atoms with Gasteiger partial charge in [-0.05, 0) is 52.0 Å². The Bertz CT molecular complexity index is 261. The molecule has 1 saturated carbocycles. The van der Waals surface area contributed by atoms with Crippen LogP contribution in [-0.2, 0) is 4.79 Å². The van der Waals surface area contributed by atoms with Crippen LogP contribution in [0.2, 0.25) is 0 Å². The first kappa shape index (κ1) is 13.8. The highest BCUT2D eigenvalue weighted by molar-refractivity contribution is 14.1. The van der Waals surface area contributed by atoms with E-state index in [0.717, 1.165) is 29.9 Å². The van der Waals surface area contributed by atoms with Crippen LogP contribution in [0.25, 0.3) is 0 Å². The van der Waals surface area contributed by atoms with Gasteiger partial charge in [-0.2, -0.15) is 0 Å². The van der Waals surface area contributed by atoms with Gasteiger partial charge >= 0.3 is 0 Å². The summed E-state index contributed by atoms with van der Waals surface area (Å²) in [6.07, 6.45) is 8.64. The van der Waals surface area contributed by atoms with Gasteiger partial charge in [-0.15, -0.1) is 0 Å². The molecule has 2 rings (SSSR count). The van der Waals surface area contributed by atoms with E-state index in [2.05, 4.69) is 34.4 Å². The summed E-state index contributed by atoms with van der Waals surface area (Å²) in [5.74, 6) is 0.886. The predicted molar refractivity (Wildman–Crippen MR) is 79.7 cm³/mol. The van der Waals surface area contributed by atoms with Gasteiger partial charge < -0.3 is 0 Å². The van der Waals surface area contributed by atoms with E-state index >= 15 is 0 Å². The standard InChI is InChI=1S/C14H24INO/c1-11-4-2-3-9-16(11)10-14(17)12-5-7-13(15)8-6-12/h11-13H,2-10H2,1H3. The molecular formula is C14H24INO. The number of ketones is 1. The largest absolute Gasteiger partial charge is 0.298 e. The molecule has 98 valence electrons. The van der Waals surface area contributed by atoms with Crippen molar-refractivity contribution in [3.63, 3.8) is 0 Å². The molecule has 17 heavy (non-hydrogen) atoms. The highest BCUT2D eigenvalue weighted by Gasteiger charge is 2.28. The van der Waals surface area contributed by atoms with E-state index in [1.54, 1.807) is 0 Å². The molecule has 0 spiro atoms. The summed E-state index contributed by atoms with van der Waals surface area (Å²) in [5.41, 5.74) is 0. The van der Waals surface area contributed by atoms with E-state index in [0.29, 0.717) is 17.7 Å². The molecular weight excluding hydrogens is 325 g/mol. The number of piperidine rings is 1. The molecule has 0 bridgehead atoms. The summed E-state index contributed by atoms with van der Waals surface area (Å²) in [4.78, 5) is 14.7. The molecule has 0 aromatic rings. The van der Waals surface area contributed by atoms with E-state index in [1.165, 1.54) is 32.1 Å². The lowest BCUT2D eigenvalue weighted by molar-refractivity contribution is -0.125. The Balaban J connectivity index is 1.79. The fraction of sp³-hybridized carbons (Fsp3) is 0.929. The second-order valence-corrected chi connectivity index (χ2v) is 7.49. The third kappa shape index (κ3) is 3.91. The minimum Gasteiger partial charge on any atom is -0.298 e. The molecule has 1 aliphatic carbocycles. The second kappa shape index (κ2) is 6.50. The van der Waals surface area contributed by atoms with Gasteiger partial charge in [0.2, 0.25) is 0 Å². The number of rotatable bonds is 3. The topological polar surface area (TPSA) is 20.3 Å². The number of hydrogen-bond acceptors (Lipinski definition) is 2. The molecule has 0 amide bonds. The second-order valence-electron chi connectivity index (χ2n) is 5.73. The van der Waals surface area contributed by atoms with Crippen LogP contribution >= 0.6 is 22.6 Å². The molecule has 0 radical (unpaired) electrons. The van der Waals surface area contributed by atoms with Crippen molar-refractivity contribution in [3.8, 4) is 0 Å². The first-order chi connectivity index (χ1) is 8.16. The van der Waals surface area contributed by atoms with Gasteiger partial charge in [0.25, 0.3) is 0 Å². The fourth-order valence-electron chi connectivity index (χ4n) is 3.10. The zero-order chi connectivity index (χ0) is 12.3. The lowest BCUT2D eigenvalue weighted by Crippen LogP contribution is -2.42. The van der Waals surface area contributed by atoms with Crippen LogP contribution in [-0.4, -0.2) is 33.7 Å². The average molecular weight is 349 g/mol. The van der Waals surface area contributed by atoms with Crippen molar-refractivity contribution in [1.29, 1.82) is 0 Å². The van der Waals surface area contributed by atoms with Gasteiger partial charge in [0, 0.05) is 15.9 Å². The van der Waals surface area contributed by atoms with E-state index in [-0.39, 0.29) is 0 Å². The van der Waals surface area contributed by atoms with E-state index in [4.69, 9.17) is 0 Å². The van der Waals surface area contributed by atoms with Crippen molar-refractivity contribution in [3.05, 3.63) is 0 Å². The van der Waals surface area contributed by atoms with Crippen LogP contribution in [0.4, 0.5) is 0 Å². The summed E-state index contributed by atoms with van der Waals surface area (Å²) < 4.78 is 0.811. The molecule has 2 nitrogen and oxygen atoms in total. The van der Waals surface area contributed by atoms with E-state index < -0.39 is 0 Å². The molecule has 2 fully saturated rings. The summed E-state index contributed by atoms with van der Waals surface area (Å²) in [6, 6.07) is 0.619. The van der Waals surface area contributed by atoms with Crippen LogP contribution in [0.15, 0.2) is 0 Å². The molecule has 2 aliphatic rings. The molecule has 3 heteroatoms. The molecule has 1 atom stereocenters. The summed E-state index contributed by atoms with van der Waals surface area (Å²) in [7, 11) is 0.